The fourth-order valence-corrected chi connectivity index (χ4v) is 7.40. The van der Waals surface area contributed by atoms with E-state index in [1.165, 1.54) is 18.6 Å². The molecule has 1 aliphatic carbocycles. The minimum absolute atomic E-state index is 0.0403. The van der Waals surface area contributed by atoms with Gasteiger partial charge in [0.15, 0.2) is 0 Å². The molecule has 3 aromatic rings. The summed E-state index contributed by atoms with van der Waals surface area (Å²) in [5, 5.41) is 7.18. The fourth-order valence-electron chi connectivity index (χ4n) is 7.40. The van der Waals surface area contributed by atoms with Crippen LogP contribution in [0.25, 0.3) is 10.9 Å². The average molecular weight is 546 g/mol. The second-order valence-corrected chi connectivity index (χ2v) is 11.8. The minimum Gasteiger partial charge on any atom is -0.366 e. The number of carbonyl (C=O) groups is 2. The molecular weight excluding hydrogens is 505 g/mol. The Morgan fingerprint density at radius 1 is 1.05 bits per heavy atom. The molecule has 2 aliphatic heterocycles. The summed E-state index contributed by atoms with van der Waals surface area (Å²) in [5.74, 6) is -0.156. The molecule has 1 aromatic heterocycles. The summed E-state index contributed by atoms with van der Waals surface area (Å²) in [6, 6.07) is 14.5. The number of carbonyl (C=O) groups excluding carboxylic acids is 2. The highest BCUT2D eigenvalue weighted by molar-refractivity contribution is 5.91. The van der Waals surface area contributed by atoms with E-state index in [9.17, 15) is 14.0 Å². The average Bonchev–Trinajstić information content (AvgIpc) is 3.70. The van der Waals surface area contributed by atoms with Crippen LogP contribution >= 0.6 is 0 Å². The lowest BCUT2D eigenvalue weighted by atomic mass is 9.82. The normalized spacial score (nSPS) is 24.7. The van der Waals surface area contributed by atoms with Crippen LogP contribution in [-0.2, 0) is 9.59 Å². The summed E-state index contributed by atoms with van der Waals surface area (Å²) in [6.45, 7) is 3.25. The molecule has 2 aromatic carbocycles. The molecule has 7 nitrogen and oxygen atoms in total. The Bertz CT molecular complexity index is 1350. The van der Waals surface area contributed by atoms with Crippen LogP contribution in [0.3, 0.4) is 0 Å². The quantitative estimate of drug-likeness (QED) is 0.407. The van der Waals surface area contributed by atoms with Crippen LogP contribution in [0.5, 0.6) is 0 Å². The Morgan fingerprint density at radius 3 is 2.58 bits per heavy atom. The zero-order valence-electron chi connectivity index (χ0n) is 23.4. The first-order chi connectivity index (χ1) is 19.5. The summed E-state index contributed by atoms with van der Waals surface area (Å²) in [6.07, 6.45) is 8.15. The Kier molecular flexibility index (Phi) is 7.53. The molecule has 0 spiro atoms. The summed E-state index contributed by atoms with van der Waals surface area (Å²) in [4.78, 5) is 35.4. The van der Waals surface area contributed by atoms with Crippen molar-refractivity contribution in [3.63, 3.8) is 0 Å². The van der Waals surface area contributed by atoms with Gasteiger partial charge in [0.25, 0.3) is 0 Å². The molecule has 6 rings (SSSR count). The van der Waals surface area contributed by atoms with E-state index < -0.39 is 6.04 Å². The maximum Gasteiger partial charge on any atom is 0.245 e. The predicted octanol–water partition coefficient (Wildman–Crippen LogP) is 4.55. The lowest BCUT2D eigenvalue weighted by molar-refractivity contribution is -0.139. The van der Waals surface area contributed by atoms with E-state index >= 15 is 0 Å². The highest BCUT2D eigenvalue weighted by Crippen LogP contribution is 2.45. The van der Waals surface area contributed by atoms with Gasteiger partial charge in [-0.1, -0.05) is 37.5 Å². The van der Waals surface area contributed by atoms with E-state index in [2.05, 4.69) is 49.7 Å². The van der Waals surface area contributed by atoms with Crippen molar-refractivity contribution < 1.29 is 14.0 Å². The Balaban J connectivity index is 1.36. The summed E-state index contributed by atoms with van der Waals surface area (Å²) < 4.78 is 14.0. The van der Waals surface area contributed by atoms with E-state index in [1.54, 1.807) is 7.05 Å². The van der Waals surface area contributed by atoms with Crippen molar-refractivity contribution in [2.45, 2.75) is 75.5 Å². The van der Waals surface area contributed by atoms with Gasteiger partial charge >= 0.3 is 0 Å². The van der Waals surface area contributed by atoms with Gasteiger partial charge in [-0.05, 0) is 75.0 Å². The molecule has 3 fully saturated rings. The number of amides is 2. The number of fused-ring (bicyclic) bond motifs is 2. The zero-order chi connectivity index (χ0) is 27.8. The second kappa shape index (κ2) is 11.2. The number of hydrogen-bond donors (Lipinski definition) is 3. The van der Waals surface area contributed by atoms with E-state index in [1.807, 2.05) is 25.3 Å². The first-order valence-electron chi connectivity index (χ1n) is 14.8. The van der Waals surface area contributed by atoms with Gasteiger partial charge in [0.05, 0.1) is 18.1 Å². The van der Waals surface area contributed by atoms with Crippen molar-refractivity contribution in [3.05, 3.63) is 66.1 Å². The second-order valence-electron chi connectivity index (χ2n) is 11.8. The molecule has 212 valence electrons. The number of aromatic nitrogens is 1. The Hall–Kier alpha value is -3.39. The number of H-pyrrole nitrogens is 1. The molecule has 3 aliphatic rings. The van der Waals surface area contributed by atoms with Crippen LogP contribution in [0.1, 0.15) is 56.9 Å². The van der Waals surface area contributed by atoms with Crippen LogP contribution in [-0.4, -0.2) is 66.0 Å². The van der Waals surface area contributed by atoms with Gasteiger partial charge in [-0.25, -0.2) is 4.39 Å². The number of para-hydroxylation sites is 1. The van der Waals surface area contributed by atoms with Crippen LogP contribution in [0.2, 0.25) is 0 Å². The highest BCUT2D eigenvalue weighted by Gasteiger charge is 2.52. The van der Waals surface area contributed by atoms with Gasteiger partial charge in [-0.2, -0.15) is 0 Å². The molecule has 8 heteroatoms. The first kappa shape index (κ1) is 26.8. The molecule has 1 saturated carbocycles. The fraction of sp³-hybridized carbons (Fsp3) is 0.500. The van der Waals surface area contributed by atoms with Gasteiger partial charge in [-0.15, -0.1) is 0 Å². The number of likely N-dealkylation sites (tertiary alicyclic amines) is 1. The first-order valence-corrected chi connectivity index (χ1v) is 14.8. The van der Waals surface area contributed by atoms with E-state index in [4.69, 9.17) is 0 Å². The number of anilines is 1. The summed E-state index contributed by atoms with van der Waals surface area (Å²) >= 11 is 0. The molecule has 3 N–H and O–H groups in total. The number of benzene rings is 2. The maximum absolute atomic E-state index is 14.5. The predicted molar refractivity (Wildman–Crippen MR) is 156 cm³/mol. The van der Waals surface area contributed by atoms with Gasteiger partial charge in [0.1, 0.15) is 11.9 Å². The number of hydrogen-bond acceptors (Lipinski definition) is 4. The summed E-state index contributed by atoms with van der Waals surface area (Å²) in [5.41, 5.74) is 3.04. The largest absolute Gasteiger partial charge is 0.366 e. The van der Waals surface area contributed by atoms with E-state index in [0.29, 0.717) is 6.54 Å². The lowest BCUT2D eigenvalue weighted by Crippen LogP contribution is -2.57. The molecular formula is C32H40FN5O2. The smallest absolute Gasteiger partial charge is 0.245 e. The Morgan fingerprint density at radius 2 is 1.82 bits per heavy atom. The van der Waals surface area contributed by atoms with Gasteiger partial charge in [-0.3, -0.25) is 9.59 Å². The molecule has 40 heavy (non-hydrogen) atoms. The standard InChI is InChI=1S/C32H40FN5O2/c1-20(34-2)31(39)36-29(21-9-5-3-6-10-21)32(40)37-16-15-28-30(37)26(19-38(28)23-11-7-4-8-12-23)25-18-35-27-17-22(33)13-14-24(25)27/h4,7-8,11-14,17-18,20-21,26,28-30,34-35H,3,5-6,9-10,15-16,19H2,1-2H3,(H,36,39). The number of likely N-dealkylation sites (N-methyl/N-ethyl adjacent to an activating group) is 1. The maximum atomic E-state index is 14.5. The van der Waals surface area contributed by atoms with Gasteiger partial charge < -0.3 is 25.4 Å². The van der Waals surface area contributed by atoms with Crippen LogP contribution in [0.4, 0.5) is 10.1 Å². The van der Waals surface area contributed by atoms with Crippen molar-refractivity contribution in [2.24, 2.45) is 5.92 Å². The molecule has 2 saturated heterocycles. The SMILES string of the molecule is CNC(C)C(=O)NC(C(=O)N1CCC2C1C(c1c[nH]c3cc(F)ccc13)CN2c1ccccc1)C1CCCCC1. The molecule has 5 unspecified atom stereocenters. The summed E-state index contributed by atoms with van der Waals surface area (Å²) in [7, 11) is 1.76. The van der Waals surface area contributed by atoms with Crippen molar-refractivity contribution in [3.8, 4) is 0 Å². The zero-order valence-corrected chi connectivity index (χ0v) is 23.4. The third-order valence-electron chi connectivity index (χ3n) is 9.58. The van der Waals surface area contributed by atoms with Crippen molar-refractivity contribution in [2.75, 3.05) is 25.0 Å². The number of nitrogens with zero attached hydrogens (tertiary/aromatic N) is 2. The highest BCUT2D eigenvalue weighted by atomic mass is 19.1. The number of aromatic amines is 1. The van der Waals surface area contributed by atoms with Gasteiger partial charge in [0, 0.05) is 41.8 Å². The third kappa shape index (κ3) is 4.87. The topological polar surface area (TPSA) is 80.5 Å². The van der Waals surface area contributed by atoms with E-state index in [-0.39, 0.29) is 47.6 Å². The number of rotatable bonds is 7. The van der Waals surface area contributed by atoms with Crippen molar-refractivity contribution in [1.82, 2.24) is 20.5 Å². The molecule has 3 heterocycles. The minimum atomic E-state index is -0.522. The van der Waals surface area contributed by atoms with Crippen LogP contribution in [0.15, 0.2) is 54.7 Å². The van der Waals surface area contributed by atoms with Crippen LogP contribution < -0.4 is 15.5 Å². The third-order valence-corrected chi connectivity index (χ3v) is 9.58. The van der Waals surface area contributed by atoms with Crippen molar-refractivity contribution in [1.29, 1.82) is 0 Å². The number of nitrogens with one attached hydrogen (secondary N) is 3. The van der Waals surface area contributed by atoms with Crippen molar-refractivity contribution >= 4 is 28.4 Å². The van der Waals surface area contributed by atoms with Gasteiger partial charge in [0.2, 0.25) is 11.8 Å². The molecule has 0 bridgehead atoms. The monoisotopic (exact) mass is 545 g/mol. The number of halogens is 1. The Labute approximate surface area is 235 Å². The molecule has 0 radical (unpaired) electrons. The van der Waals surface area contributed by atoms with Crippen LogP contribution in [0, 0.1) is 11.7 Å². The lowest BCUT2D eigenvalue weighted by Gasteiger charge is -2.36. The molecule has 2 amide bonds. The molecule has 5 atom stereocenters. The van der Waals surface area contributed by atoms with E-state index in [0.717, 1.165) is 60.8 Å².